The highest BCUT2D eigenvalue weighted by atomic mass is 35.5. The van der Waals surface area contributed by atoms with Crippen LogP contribution in [0.3, 0.4) is 0 Å². The number of aryl methyl sites for hydroxylation is 1. The number of thiazole rings is 1. The van der Waals surface area contributed by atoms with Crippen molar-refractivity contribution in [2.24, 2.45) is 0 Å². The van der Waals surface area contributed by atoms with Gasteiger partial charge in [0, 0.05) is 11.1 Å². The standard InChI is InChI=1S/C13H15ClN2O2S/c1-7-6-15-13(19-7)9(3)16-12(17)11-5-4-10(18-11)8(2)14/h4-6,8-9H,1-3H3,(H,16,17). The van der Waals surface area contributed by atoms with E-state index in [1.807, 2.05) is 13.8 Å². The van der Waals surface area contributed by atoms with Gasteiger partial charge in [-0.2, -0.15) is 0 Å². The molecule has 2 aromatic rings. The largest absolute Gasteiger partial charge is 0.454 e. The normalized spacial score (nSPS) is 14.1. The van der Waals surface area contributed by atoms with E-state index in [4.69, 9.17) is 16.0 Å². The van der Waals surface area contributed by atoms with E-state index in [0.29, 0.717) is 5.76 Å². The van der Waals surface area contributed by atoms with Crippen LogP contribution >= 0.6 is 22.9 Å². The topological polar surface area (TPSA) is 55.1 Å². The van der Waals surface area contributed by atoms with E-state index >= 15 is 0 Å². The van der Waals surface area contributed by atoms with Crippen LogP contribution in [0.4, 0.5) is 0 Å². The van der Waals surface area contributed by atoms with Crippen LogP contribution in [-0.2, 0) is 0 Å². The molecule has 1 amide bonds. The molecule has 6 heteroatoms. The molecule has 2 aromatic heterocycles. The SMILES string of the molecule is Cc1cnc(C(C)NC(=O)c2ccc(C(C)Cl)o2)s1. The molecule has 0 aromatic carbocycles. The summed E-state index contributed by atoms with van der Waals surface area (Å²) in [6.45, 7) is 5.67. The third-order valence-electron chi connectivity index (χ3n) is 2.60. The van der Waals surface area contributed by atoms with Crippen molar-refractivity contribution >= 4 is 28.8 Å². The maximum atomic E-state index is 12.0. The number of aromatic nitrogens is 1. The number of nitrogens with one attached hydrogen (secondary N) is 1. The van der Waals surface area contributed by atoms with Crippen molar-refractivity contribution < 1.29 is 9.21 Å². The zero-order valence-corrected chi connectivity index (χ0v) is 12.5. The van der Waals surface area contributed by atoms with Crippen molar-refractivity contribution in [3.63, 3.8) is 0 Å². The Morgan fingerprint density at radius 3 is 2.74 bits per heavy atom. The van der Waals surface area contributed by atoms with Crippen LogP contribution in [0.5, 0.6) is 0 Å². The summed E-state index contributed by atoms with van der Waals surface area (Å²) in [7, 11) is 0. The van der Waals surface area contributed by atoms with Gasteiger partial charge in [-0.15, -0.1) is 22.9 Å². The van der Waals surface area contributed by atoms with Gasteiger partial charge < -0.3 is 9.73 Å². The first-order valence-corrected chi connectivity index (χ1v) is 7.19. The van der Waals surface area contributed by atoms with Crippen molar-refractivity contribution in [2.45, 2.75) is 32.2 Å². The molecule has 1 N–H and O–H groups in total. The summed E-state index contributed by atoms with van der Waals surface area (Å²) in [6, 6.07) is 3.20. The highest BCUT2D eigenvalue weighted by molar-refractivity contribution is 7.11. The third kappa shape index (κ3) is 3.36. The lowest BCUT2D eigenvalue weighted by molar-refractivity contribution is 0.0910. The molecule has 2 unspecified atom stereocenters. The molecular formula is C13H15ClN2O2S. The molecule has 0 bridgehead atoms. The first-order valence-electron chi connectivity index (χ1n) is 5.94. The maximum absolute atomic E-state index is 12.0. The van der Waals surface area contributed by atoms with E-state index in [1.54, 1.807) is 36.6 Å². The molecule has 2 atom stereocenters. The van der Waals surface area contributed by atoms with Crippen LogP contribution in [0.25, 0.3) is 0 Å². The molecule has 2 rings (SSSR count). The molecule has 2 heterocycles. The number of furan rings is 1. The van der Waals surface area contributed by atoms with Crippen LogP contribution < -0.4 is 5.32 Å². The van der Waals surface area contributed by atoms with Gasteiger partial charge in [0.05, 0.1) is 11.4 Å². The van der Waals surface area contributed by atoms with Gasteiger partial charge in [-0.1, -0.05) is 0 Å². The summed E-state index contributed by atoms with van der Waals surface area (Å²) in [4.78, 5) is 17.4. The second-order valence-corrected chi connectivity index (χ2v) is 6.24. The van der Waals surface area contributed by atoms with E-state index in [1.165, 1.54) is 0 Å². The molecule has 0 spiro atoms. The van der Waals surface area contributed by atoms with Crippen LogP contribution in [0, 0.1) is 6.92 Å². The zero-order chi connectivity index (χ0) is 14.0. The van der Waals surface area contributed by atoms with Crippen LogP contribution in [0.15, 0.2) is 22.7 Å². The van der Waals surface area contributed by atoms with Gasteiger partial charge in [0.1, 0.15) is 10.8 Å². The smallest absolute Gasteiger partial charge is 0.287 e. The van der Waals surface area contributed by atoms with Gasteiger partial charge >= 0.3 is 0 Å². The minimum absolute atomic E-state index is 0.145. The number of carbonyl (C=O) groups is 1. The molecule has 0 radical (unpaired) electrons. The number of hydrogen-bond acceptors (Lipinski definition) is 4. The molecule has 0 aliphatic heterocycles. The molecular weight excluding hydrogens is 284 g/mol. The van der Waals surface area contributed by atoms with Crippen LogP contribution in [0.2, 0.25) is 0 Å². The quantitative estimate of drug-likeness (QED) is 0.873. The molecule has 0 saturated carbocycles. The maximum Gasteiger partial charge on any atom is 0.287 e. The van der Waals surface area contributed by atoms with Crippen molar-refractivity contribution in [2.75, 3.05) is 0 Å². The minimum Gasteiger partial charge on any atom is -0.454 e. The van der Waals surface area contributed by atoms with Crippen LogP contribution in [-0.4, -0.2) is 10.9 Å². The van der Waals surface area contributed by atoms with Gasteiger partial charge in [0.25, 0.3) is 5.91 Å². The fourth-order valence-corrected chi connectivity index (χ4v) is 2.48. The lowest BCUT2D eigenvalue weighted by atomic mass is 10.3. The number of carbonyl (C=O) groups excluding carboxylic acids is 1. The van der Waals surface area contributed by atoms with Gasteiger partial charge in [-0.3, -0.25) is 4.79 Å². The molecule has 102 valence electrons. The van der Waals surface area contributed by atoms with E-state index in [0.717, 1.165) is 9.88 Å². The first kappa shape index (κ1) is 14.1. The van der Waals surface area contributed by atoms with E-state index in [2.05, 4.69) is 10.3 Å². The summed E-state index contributed by atoms with van der Waals surface area (Å²) in [5, 5.41) is 3.48. The second-order valence-electron chi connectivity index (χ2n) is 4.32. The summed E-state index contributed by atoms with van der Waals surface area (Å²) >= 11 is 7.46. The van der Waals surface area contributed by atoms with Crippen molar-refractivity contribution in [3.8, 4) is 0 Å². The van der Waals surface area contributed by atoms with Crippen molar-refractivity contribution in [1.29, 1.82) is 0 Å². The molecule has 0 fully saturated rings. The lowest BCUT2D eigenvalue weighted by Crippen LogP contribution is -2.26. The minimum atomic E-state index is -0.260. The first-order chi connectivity index (χ1) is 8.97. The number of rotatable bonds is 4. The third-order valence-corrected chi connectivity index (χ3v) is 3.91. The van der Waals surface area contributed by atoms with E-state index in [9.17, 15) is 4.79 Å². The zero-order valence-electron chi connectivity index (χ0n) is 10.9. The average Bonchev–Trinajstić information content (AvgIpc) is 2.96. The highest BCUT2D eigenvalue weighted by Crippen LogP contribution is 2.23. The Bertz CT molecular complexity index is 577. The summed E-state index contributed by atoms with van der Waals surface area (Å²) in [5.74, 6) is 0.594. The summed E-state index contributed by atoms with van der Waals surface area (Å²) < 4.78 is 5.39. The van der Waals surface area contributed by atoms with Crippen molar-refractivity contribution in [3.05, 3.63) is 39.7 Å². The summed E-state index contributed by atoms with van der Waals surface area (Å²) in [6.07, 6.45) is 1.79. The fourth-order valence-electron chi connectivity index (χ4n) is 1.59. The molecule has 0 aliphatic carbocycles. The number of halogens is 1. The van der Waals surface area contributed by atoms with E-state index in [-0.39, 0.29) is 23.1 Å². The number of nitrogens with zero attached hydrogens (tertiary/aromatic N) is 1. The lowest BCUT2D eigenvalue weighted by Gasteiger charge is -2.09. The van der Waals surface area contributed by atoms with E-state index < -0.39 is 0 Å². The average molecular weight is 299 g/mol. The Balaban J connectivity index is 2.04. The molecule has 4 nitrogen and oxygen atoms in total. The second kappa shape index (κ2) is 5.75. The van der Waals surface area contributed by atoms with Gasteiger partial charge in [-0.25, -0.2) is 4.98 Å². The Labute approximate surface area is 120 Å². The monoisotopic (exact) mass is 298 g/mol. The number of alkyl halides is 1. The van der Waals surface area contributed by atoms with Crippen LogP contribution in [0.1, 0.15) is 51.5 Å². The van der Waals surface area contributed by atoms with Gasteiger partial charge in [-0.05, 0) is 32.9 Å². The Hall–Kier alpha value is -1.33. The highest BCUT2D eigenvalue weighted by Gasteiger charge is 2.17. The predicted molar refractivity (Wildman–Crippen MR) is 75.7 cm³/mol. The fraction of sp³-hybridized carbons (Fsp3) is 0.385. The summed E-state index contributed by atoms with van der Waals surface area (Å²) in [5.41, 5.74) is 0. The van der Waals surface area contributed by atoms with Crippen molar-refractivity contribution in [1.82, 2.24) is 10.3 Å². The van der Waals surface area contributed by atoms with Gasteiger partial charge in [0.2, 0.25) is 0 Å². The molecule has 0 saturated heterocycles. The van der Waals surface area contributed by atoms with Gasteiger partial charge in [0.15, 0.2) is 5.76 Å². The Morgan fingerprint density at radius 2 is 2.21 bits per heavy atom. The predicted octanol–water partition coefficient (Wildman–Crippen LogP) is 3.84. The number of hydrogen-bond donors (Lipinski definition) is 1. The Morgan fingerprint density at radius 1 is 1.47 bits per heavy atom. The Kier molecular flexibility index (Phi) is 4.27. The number of amides is 1. The molecule has 0 aliphatic rings. The molecule has 19 heavy (non-hydrogen) atoms.